The molecule has 2 rings (SSSR count). The van der Waals surface area contributed by atoms with Gasteiger partial charge < -0.3 is 4.42 Å². The average molecular weight is 255 g/mol. The van der Waals surface area contributed by atoms with Crippen LogP contribution in [0.4, 0.5) is 0 Å². The van der Waals surface area contributed by atoms with Crippen LogP contribution >= 0.6 is 15.9 Å². The Kier molecular flexibility index (Phi) is 2.49. The minimum atomic E-state index is -0.541. The van der Waals surface area contributed by atoms with E-state index in [0.717, 1.165) is 5.56 Å². The van der Waals surface area contributed by atoms with Gasteiger partial charge in [-0.3, -0.25) is 0 Å². The third-order valence-electron chi connectivity index (χ3n) is 1.76. The molecule has 0 aliphatic rings. The third-order valence-corrected chi connectivity index (χ3v) is 2.68. The summed E-state index contributed by atoms with van der Waals surface area (Å²) >= 11 is 3.39. The minimum Gasteiger partial charge on any atom is -0.391 e. The zero-order valence-corrected chi connectivity index (χ0v) is 8.69. The first-order chi connectivity index (χ1) is 6.77. The van der Waals surface area contributed by atoms with Crippen molar-refractivity contribution in [1.29, 1.82) is 0 Å². The van der Waals surface area contributed by atoms with E-state index in [0.29, 0.717) is 5.89 Å². The quantitative estimate of drug-likeness (QED) is 0.833. The van der Waals surface area contributed by atoms with E-state index in [9.17, 15) is 4.79 Å². The molecule has 4 nitrogen and oxygen atoms in total. The first kappa shape index (κ1) is 9.21. The number of benzene rings is 1. The average Bonchev–Trinajstić information content (AvgIpc) is 2.65. The molecular formula is C9H7BrN2O2. The largest absolute Gasteiger partial charge is 0.434 e. The molecular weight excluding hydrogens is 248 g/mol. The van der Waals surface area contributed by atoms with Crippen LogP contribution < -0.4 is 5.76 Å². The van der Waals surface area contributed by atoms with E-state index < -0.39 is 5.76 Å². The maximum Gasteiger partial charge on any atom is 0.434 e. The molecule has 0 bridgehead atoms. The molecule has 1 aromatic heterocycles. The summed E-state index contributed by atoms with van der Waals surface area (Å²) in [5.41, 5.74) is 0.989. The Labute approximate surface area is 88.1 Å². The molecule has 14 heavy (non-hydrogen) atoms. The molecule has 0 spiro atoms. The van der Waals surface area contributed by atoms with E-state index >= 15 is 0 Å². The molecule has 1 unspecified atom stereocenters. The second-order valence-corrected chi connectivity index (χ2v) is 3.64. The first-order valence-electron chi connectivity index (χ1n) is 4.02. The second-order valence-electron chi connectivity index (χ2n) is 2.72. The highest BCUT2D eigenvalue weighted by molar-refractivity contribution is 9.09. The molecule has 0 radical (unpaired) electrons. The predicted molar refractivity (Wildman–Crippen MR) is 54.3 cm³/mol. The number of alkyl halides is 1. The highest BCUT2D eigenvalue weighted by Gasteiger charge is 2.15. The minimum absolute atomic E-state index is 0.192. The van der Waals surface area contributed by atoms with E-state index in [1.165, 1.54) is 0 Å². The number of H-pyrrole nitrogens is 1. The lowest BCUT2D eigenvalue weighted by molar-refractivity contribution is 0.470. The van der Waals surface area contributed by atoms with Gasteiger partial charge >= 0.3 is 5.76 Å². The summed E-state index contributed by atoms with van der Waals surface area (Å²) in [6.07, 6.45) is 0. The summed E-state index contributed by atoms with van der Waals surface area (Å²) < 4.78 is 4.83. The zero-order valence-electron chi connectivity index (χ0n) is 7.11. The van der Waals surface area contributed by atoms with E-state index in [4.69, 9.17) is 4.42 Å². The van der Waals surface area contributed by atoms with Crippen LogP contribution in [-0.2, 0) is 0 Å². The molecule has 72 valence electrons. The van der Waals surface area contributed by atoms with Gasteiger partial charge in [0.25, 0.3) is 0 Å². The summed E-state index contributed by atoms with van der Waals surface area (Å²) in [6, 6.07) is 9.59. The summed E-state index contributed by atoms with van der Waals surface area (Å²) in [5, 5.41) is 5.96. The highest BCUT2D eigenvalue weighted by Crippen LogP contribution is 2.27. The lowest BCUT2D eigenvalue weighted by Crippen LogP contribution is -1.94. The highest BCUT2D eigenvalue weighted by atomic mass is 79.9. The lowest BCUT2D eigenvalue weighted by atomic mass is 10.1. The Morgan fingerprint density at radius 2 is 2.07 bits per heavy atom. The molecule has 1 heterocycles. The maximum absolute atomic E-state index is 10.7. The van der Waals surface area contributed by atoms with Crippen molar-refractivity contribution in [3.8, 4) is 0 Å². The van der Waals surface area contributed by atoms with E-state index in [1.807, 2.05) is 30.3 Å². The van der Waals surface area contributed by atoms with Crippen LogP contribution in [0.25, 0.3) is 0 Å². The molecule has 0 aliphatic carbocycles. The van der Waals surface area contributed by atoms with Gasteiger partial charge in [0.1, 0.15) is 4.83 Å². The van der Waals surface area contributed by atoms with E-state index in [-0.39, 0.29) is 4.83 Å². The molecule has 0 amide bonds. The van der Waals surface area contributed by atoms with Gasteiger partial charge in [0.05, 0.1) is 0 Å². The Bertz CT molecular complexity index is 463. The number of rotatable bonds is 2. The van der Waals surface area contributed by atoms with Gasteiger partial charge in [-0.2, -0.15) is 0 Å². The number of nitrogens with zero attached hydrogens (tertiary/aromatic N) is 1. The summed E-state index contributed by atoms with van der Waals surface area (Å²) in [7, 11) is 0. The van der Waals surface area contributed by atoms with Gasteiger partial charge in [-0.1, -0.05) is 46.3 Å². The smallest absolute Gasteiger partial charge is 0.391 e. The van der Waals surface area contributed by atoms with Gasteiger partial charge in [-0.15, -0.1) is 5.10 Å². The molecule has 0 fully saturated rings. The fourth-order valence-electron chi connectivity index (χ4n) is 1.11. The predicted octanol–water partition coefficient (Wildman–Crippen LogP) is 1.85. The van der Waals surface area contributed by atoms with Gasteiger partial charge in [0.15, 0.2) is 0 Å². The standard InChI is InChI=1S/C9H7BrN2O2/c10-7(6-4-2-1-3-5-6)8-11-12-9(13)14-8/h1-5,7H,(H,12,13). The molecule has 0 saturated carbocycles. The van der Waals surface area contributed by atoms with Crippen LogP contribution in [0.2, 0.25) is 0 Å². The van der Waals surface area contributed by atoms with Crippen molar-refractivity contribution in [3.05, 3.63) is 52.3 Å². The number of aromatic amines is 1. The summed E-state index contributed by atoms with van der Waals surface area (Å²) in [4.78, 5) is 10.5. The van der Waals surface area contributed by atoms with Crippen LogP contribution in [0.5, 0.6) is 0 Å². The SMILES string of the molecule is O=c1[nH]nc(C(Br)c2ccccc2)o1. The van der Waals surface area contributed by atoms with Crippen LogP contribution in [0.15, 0.2) is 39.5 Å². The maximum atomic E-state index is 10.7. The monoisotopic (exact) mass is 254 g/mol. The van der Waals surface area contributed by atoms with Gasteiger partial charge in [-0.05, 0) is 5.56 Å². The van der Waals surface area contributed by atoms with Crippen LogP contribution in [0, 0.1) is 0 Å². The number of nitrogens with one attached hydrogen (secondary N) is 1. The van der Waals surface area contributed by atoms with Crippen molar-refractivity contribution >= 4 is 15.9 Å². The van der Waals surface area contributed by atoms with Gasteiger partial charge in [-0.25, -0.2) is 9.89 Å². The summed E-state index contributed by atoms with van der Waals surface area (Å²) in [5.74, 6) is -0.207. The normalized spacial score (nSPS) is 12.6. The van der Waals surface area contributed by atoms with Gasteiger partial charge in [0, 0.05) is 0 Å². The Morgan fingerprint density at radius 1 is 1.36 bits per heavy atom. The number of hydrogen-bond donors (Lipinski definition) is 1. The fraction of sp³-hybridized carbons (Fsp3) is 0.111. The molecule has 1 aromatic carbocycles. The van der Waals surface area contributed by atoms with Crippen molar-refractivity contribution in [2.24, 2.45) is 0 Å². The molecule has 0 saturated heterocycles. The Morgan fingerprint density at radius 3 is 2.64 bits per heavy atom. The number of hydrogen-bond acceptors (Lipinski definition) is 3. The van der Waals surface area contributed by atoms with Crippen molar-refractivity contribution in [3.63, 3.8) is 0 Å². The third kappa shape index (κ3) is 1.77. The molecule has 1 N–H and O–H groups in total. The summed E-state index contributed by atoms with van der Waals surface area (Å²) in [6.45, 7) is 0. The zero-order chi connectivity index (χ0) is 9.97. The van der Waals surface area contributed by atoms with E-state index in [1.54, 1.807) is 0 Å². The number of aromatic nitrogens is 2. The molecule has 0 aliphatic heterocycles. The van der Waals surface area contributed by atoms with Crippen LogP contribution in [0.3, 0.4) is 0 Å². The Balaban J connectivity index is 2.33. The second kappa shape index (κ2) is 3.79. The topological polar surface area (TPSA) is 58.9 Å². The van der Waals surface area contributed by atoms with Crippen molar-refractivity contribution in [1.82, 2.24) is 10.2 Å². The Hall–Kier alpha value is -1.36. The van der Waals surface area contributed by atoms with Crippen LogP contribution in [-0.4, -0.2) is 10.2 Å². The van der Waals surface area contributed by atoms with Crippen molar-refractivity contribution in [2.45, 2.75) is 4.83 Å². The molecule has 2 aromatic rings. The first-order valence-corrected chi connectivity index (χ1v) is 4.93. The van der Waals surface area contributed by atoms with Crippen LogP contribution in [0.1, 0.15) is 16.3 Å². The lowest BCUT2D eigenvalue weighted by Gasteiger charge is -2.03. The molecule has 1 atom stereocenters. The fourth-order valence-corrected chi connectivity index (χ4v) is 1.62. The number of halogens is 1. The van der Waals surface area contributed by atoms with Gasteiger partial charge in [0.2, 0.25) is 5.89 Å². The van der Waals surface area contributed by atoms with Crippen molar-refractivity contribution in [2.75, 3.05) is 0 Å². The molecule has 5 heteroatoms. The van der Waals surface area contributed by atoms with Crippen molar-refractivity contribution < 1.29 is 4.42 Å². The van der Waals surface area contributed by atoms with E-state index in [2.05, 4.69) is 26.1 Å².